The standard InChI is InChI=1S/C21H26F3N5O2/c1-13(9-25-15(3)30)14(2)31-20-8-16(7-19-18(20)12-28(4)27-19)17-10-26-29(11-17)6-5-21(22,23)24/h7-8,10-14H,5-6,9H2,1-4H3,(H,25,30)/t13-,14?/m1/s1. The minimum Gasteiger partial charge on any atom is -0.490 e. The molecular weight excluding hydrogens is 411 g/mol. The Morgan fingerprint density at radius 1 is 1.23 bits per heavy atom. The minimum absolute atomic E-state index is 0.0596. The van der Waals surface area contributed by atoms with Crippen molar-refractivity contribution in [2.24, 2.45) is 13.0 Å². The van der Waals surface area contributed by atoms with Gasteiger partial charge in [0.05, 0.1) is 23.5 Å². The summed E-state index contributed by atoms with van der Waals surface area (Å²) < 4.78 is 46.7. The van der Waals surface area contributed by atoms with Gasteiger partial charge in [0, 0.05) is 50.9 Å². The first-order valence-electron chi connectivity index (χ1n) is 10.00. The van der Waals surface area contributed by atoms with Crippen molar-refractivity contribution in [2.75, 3.05) is 6.54 Å². The lowest BCUT2D eigenvalue weighted by molar-refractivity contribution is -0.137. The van der Waals surface area contributed by atoms with E-state index in [1.807, 2.05) is 32.2 Å². The van der Waals surface area contributed by atoms with E-state index >= 15 is 0 Å². The molecule has 2 heterocycles. The molecule has 0 aliphatic heterocycles. The lowest BCUT2D eigenvalue weighted by Gasteiger charge is -2.22. The molecule has 0 saturated carbocycles. The molecule has 2 aromatic heterocycles. The van der Waals surface area contributed by atoms with Gasteiger partial charge in [0.2, 0.25) is 5.91 Å². The van der Waals surface area contributed by atoms with Gasteiger partial charge < -0.3 is 10.1 Å². The molecule has 7 nitrogen and oxygen atoms in total. The van der Waals surface area contributed by atoms with Crippen molar-refractivity contribution in [3.8, 4) is 16.9 Å². The molecule has 0 aliphatic rings. The summed E-state index contributed by atoms with van der Waals surface area (Å²) >= 11 is 0. The Balaban J connectivity index is 1.86. The van der Waals surface area contributed by atoms with Crippen LogP contribution in [0.5, 0.6) is 5.75 Å². The molecule has 1 unspecified atom stereocenters. The fourth-order valence-corrected chi connectivity index (χ4v) is 3.14. The van der Waals surface area contributed by atoms with Crippen LogP contribution in [-0.2, 0) is 18.4 Å². The van der Waals surface area contributed by atoms with E-state index < -0.39 is 12.6 Å². The Morgan fingerprint density at radius 3 is 2.65 bits per heavy atom. The van der Waals surface area contributed by atoms with Crippen LogP contribution in [0.4, 0.5) is 13.2 Å². The summed E-state index contributed by atoms with van der Waals surface area (Å²) in [6, 6.07) is 3.70. The molecule has 0 radical (unpaired) electrons. The smallest absolute Gasteiger partial charge is 0.390 e. The Bertz CT molecular complexity index is 1060. The van der Waals surface area contributed by atoms with Crippen LogP contribution in [0.1, 0.15) is 27.2 Å². The predicted molar refractivity (Wildman–Crippen MR) is 111 cm³/mol. The van der Waals surface area contributed by atoms with Crippen molar-refractivity contribution in [3.05, 3.63) is 30.7 Å². The number of ether oxygens (including phenoxy) is 1. The predicted octanol–water partition coefficient (Wildman–Crippen LogP) is 3.93. The number of carbonyl (C=O) groups excluding carboxylic acids is 1. The van der Waals surface area contributed by atoms with Crippen LogP contribution in [0.2, 0.25) is 0 Å². The number of benzene rings is 1. The van der Waals surface area contributed by atoms with Crippen LogP contribution in [0, 0.1) is 5.92 Å². The molecule has 3 rings (SSSR count). The fraction of sp³-hybridized carbons (Fsp3) is 0.476. The van der Waals surface area contributed by atoms with Gasteiger partial charge in [0.25, 0.3) is 0 Å². The molecule has 0 aliphatic carbocycles. The largest absolute Gasteiger partial charge is 0.490 e. The van der Waals surface area contributed by atoms with Crippen LogP contribution in [0.3, 0.4) is 0 Å². The van der Waals surface area contributed by atoms with Crippen LogP contribution in [0.25, 0.3) is 22.0 Å². The van der Waals surface area contributed by atoms with Gasteiger partial charge in [0.15, 0.2) is 0 Å². The number of halogens is 3. The van der Waals surface area contributed by atoms with Crippen molar-refractivity contribution in [2.45, 2.75) is 46.0 Å². The summed E-state index contributed by atoms with van der Waals surface area (Å²) in [6.45, 7) is 5.62. The second-order valence-corrected chi connectivity index (χ2v) is 7.80. The molecule has 2 atom stereocenters. The summed E-state index contributed by atoms with van der Waals surface area (Å²) in [5, 5.41) is 12.1. The Labute approximate surface area is 178 Å². The second kappa shape index (κ2) is 8.99. The van der Waals surface area contributed by atoms with Gasteiger partial charge in [-0.3, -0.25) is 14.2 Å². The zero-order valence-electron chi connectivity index (χ0n) is 17.9. The maximum atomic E-state index is 12.5. The summed E-state index contributed by atoms with van der Waals surface area (Å²) in [5.74, 6) is 0.577. The van der Waals surface area contributed by atoms with E-state index in [9.17, 15) is 18.0 Å². The summed E-state index contributed by atoms with van der Waals surface area (Å²) in [4.78, 5) is 11.2. The Kier molecular flexibility index (Phi) is 6.56. The number of nitrogens with zero attached hydrogens (tertiary/aromatic N) is 4. The van der Waals surface area contributed by atoms with Gasteiger partial charge >= 0.3 is 6.18 Å². The van der Waals surface area contributed by atoms with E-state index in [1.54, 1.807) is 17.9 Å². The highest BCUT2D eigenvalue weighted by molar-refractivity contribution is 5.89. The first-order chi connectivity index (χ1) is 14.5. The van der Waals surface area contributed by atoms with Gasteiger partial charge in [-0.2, -0.15) is 23.4 Å². The van der Waals surface area contributed by atoms with E-state index in [4.69, 9.17) is 4.74 Å². The molecule has 0 spiro atoms. The summed E-state index contributed by atoms with van der Waals surface area (Å²) in [7, 11) is 1.81. The lowest BCUT2D eigenvalue weighted by Crippen LogP contribution is -2.33. The van der Waals surface area contributed by atoms with Crippen molar-refractivity contribution in [3.63, 3.8) is 0 Å². The average Bonchev–Trinajstić information content (AvgIpc) is 3.29. The van der Waals surface area contributed by atoms with Crippen molar-refractivity contribution in [1.82, 2.24) is 24.9 Å². The third kappa shape index (κ3) is 5.99. The molecule has 1 amide bonds. The minimum atomic E-state index is -4.23. The van der Waals surface area contributed by atoms with E-state index in [0.29, 0.717) is 23.4 Å². The van der Waals surface area contributed by atoms with Gasteiger partial charge in [-0.1, -0.05) is 6.92 Å². The van der Waals surface area contributed by atoms with Gasteiger partial charge in [-0.25, -0.2) is 0 Å². The number of hydrogen-bond donors (Lipinski definition) is 1. The Hall–Kier alpha value is -3.04. The normalized spacial score (nSPS) is 13.9. The van der Waals surface area contributed by atoms with Gasteiger partial charge in [-0.15, -0.1) is 0 Å². The van der Waals surface area contributed by atoms with E-state index in [1.165, 1.54) is 17.8 Å². The van der Waals surface area contributed by atoms with Crippen LogP contribution in [0.15, 0.2) is 30.7 Å². The monoisotopic (exact) mass is 437 g/mol. The van der Waals surface area contributed by atoms with E-state index in [0.717, 1.165) is 10.9 Å². The summed E-state index contributed by atoms with van der Waals surface area (Å²) in [6.07, 6.45) is -0.391. The number of hydrogen-bond acceptors (Lipinski definition) is 4. The SMILES string of the molecule is CC(=O)NC[C@@H](C)C(C)Oc1cc(-c2cnn(CCC(F)(F)F)c2)cc2nn(C)cc12. The number of amides is 1. The Morgan fingerprint density at radius 2 is 1.97 bits per heavy atom. The molecule has 168 valence electrons. The number of fused-ring (bicyclic) bond motifs is 1. The highest BCUT2D eigenvalue weighted by Gasteiger charge is 2.27. The molecule has 1 aromatic carbocycles. The highest BCUT2D eigenvalue weighted by Crippen LogP contribution is 2.33. The van der Waals surface area contributed by atoms with Gasteiger partial charge in [-0.05, 0) is 24.6 Å². The van der Waals surface area contributed by atoms with Crippen LogP contribution in [-0.4, -0.2) is 44.3 Å². The van der Waals surface area contributed by atoms with E-state index in [2.05, 4.69) is 15.5 Å². The number of nitrogens with one attached hydrogen (secondary N) is 1. The first-order valence-corrected chi connectivity index (χ1v) is 10.00. The molecule has 10 heteroatoms. The third-order valence-corrected chi connectivity index (χ3v) is 5.08. The number of alkyl halides is 3. The fourth-order valence-electron chi connectivity index (χ4n) is 3.14. The molecule has 0 fully saturated rings. The van der Waals surface area contributed by atoms with Gasteiger partial charge in [0.1, 0.15) is 11.9 Å². The topological polar surface area (TPSA) is 74.0 Å². The number of aromatic nitrogens is 4. The molecular formula is C21H26F3N5O2. The van der Waals surface area contributed by atoms with Crippen LogP contribution < -0.4 is 10.1 Å². The first kappa shape index (κ1) is 22.6. The van der Waals surface area contributed by atoms with E-state index in [-0.39, 0.29) is 24.5 Å². The van der Waals surface area contributed by atoms with Crippen molar-refractivity contribution >= 4 is 16.8 Å². The zero-order chi connectivity index (χ0) is 22.8. The average molecular weight is 437 g/mol. The van der Waals surface area contributed by atoms with Crippen LogP contribution >= 0.6 is 0 Å². The number of aryl methyl sites for hydroxylation is 2. The quantitative estimate of drug-likeness (QED) is 0.580. The van der Waals surface area contributed by atoms with Crippen molar-refractivity contribution < 1.29 is 22.7 Å². The third-order valence-electron chi connectivity index (χ3n) is 5.08. The second-order valence-electron chi connectivity index (χ2n) is 7.80. The highest BCUT2D eigenvalue weighted by atomic mass is 19.4. The van der Waals surface area contributed by atoms with Crippen molar-refractivity contribution in [1.29, 1.82) is 0 Å². The molecule has 0 saturated heterocycles. The molecule has 1 N–H and O–H groups in total. The maximum Gasteiger partial charge on any atom is 0.390 e. The lowest BCUT2D eigenvalue weighted by atomic mass is 10.0. The molecule has 0 bridgehead atoms. The molecule has 3 aromatic rings. The maximum absolute atomic E-state index is 12.5. The molecule has 31 heavy (non-hydrogen) atoms. The number of carbonyl (C=O) groups is 1. The zero-order valence-corrected chi connectivity index (χ0v) is 17.9. The number of rotatable bonds is 8. The summed E-state index contributed by atoms with van der Waals surface area (Å²) in [5.41, 5.74) is 2.14.